The maximum atomic E-state index is 9.75. The highest BCUT2D eigenvalue weighted by molar-refractivity contribution is 6.50. The van der Waals surface area contributed by atoms with Crippen LogP contribution in [0.25, 0.3) is 39.6 Å². The van der Waals surface area contributed by atoms with E-state index in [4.69, 9.17) is 16.0 Å². The molecule has 3 heterocycles. The van der Waals surface area contributed by atoms with E-state index in [2.05, 4.69) is 34.7 Å². The summed E-state index contributed by atoms with van der Waals surface area (Å²) in [6.45, 7) is 0. The van der Waals surface area contributed by atoms with E-state index in [9.17, 15) is 17.3 Å². The van der Waals surface area contributed by atoms with E-state index in [0.717, 1.165) is 27.8 Å². The molecule has 2 aromatic heterocycles. The second-order valence-electron chi connectivity index (χ2n) is 5.91. The molecular weight excluding hydrogens is 380 g/mol. The average molecular weight is 392 g/mol. The van der Waals surface area contributed by atoms with Gasteiger partial charge in [0, 0.05) is 16.7 Å². The molecule has 0 amide bonds. The molecule has 27 heavy (non-hydrogen) atoms. The molecule has 0 saturated heterocycles. The Morgan fingerprint density at radius 2 is 1.41 bits per heavy atom. The number of rotatable bonds is 1. The van der Waals surface area contributed by atoms with Crippen molar-refractivity contribution in [3.8, 4) is 33.8 Å². The molecule has 4 aromatic rings. The zero-order valence-corrected chi connectivity index (χ0v) is 14.4. The third kappa shape index (κ3) is 3.30. The number of halogens is 5. The fourth-order valence-corrected chi connectivity index (χ4v) is 3.34. The Kier molecular flexibility index (Phi) is 4.19. The summed E-state index contributed by atoms with van der Waals surface area (Å²) in [6.07, 6.45) is 0. The standard InChI is InChI=1S/C19H11ClNO.BF4/c20-13-10-8-12(9-11-13)19-18-15-5-2-1-4-14(15)16-6-3-7-17(22-19)21(16)18;2-1(3,4)5/h1-11H;/q+1;-1. The Bertz CT molecular complexity index is 1130. The number of hydrogen-bond acceptors (Lipinski definition) is 1. The quantitative estimate of drug-likeness (QED) is 0.187. The summed E-state index contributed by atoms with van der Waals surface area (Å²) < 4.78 is 47.3. The predicted molar refractivity (Wildman–Crippen MR) is 96.9 cm³/mol. The van der Waals surface area contributed by atoms with Crippen molar-refractivity contribution in [2.45, 2.75) is 0 Å². The molecule has 1 aliphatic heterocycles. The maximum Gasteiger partial charge on any atom is 0.673 e. The molecule has 136 valence electrons. The van der Waals surface area contributed by atoms with Gasteiger partial charge < -0.3 is 21.7 Å². The minimum Gasteiger partial charge on any atom is -0.418 e. The van der Waals surface area contributed by atoms with Crippen LogP contribution in [0.1, 0.15) is 0 Å². The Balaban J connectivity index is 0.000000323. The number of aromatic nitrogens is 1. The molecule has 0 aliphatic carbocycles. The lowest BCUT2D eigenvalue weighted by Gasteiger charge is -1.98. The van der Waals surface area contributed by atoms with Gasteiger partial charge in [-0.2, -0.15) is 0 Å². The highest BCUT2D eigenvalue weighted by atomic mass is 35.5. The summed E-state index contributed by atoms with van der Waals surface area (Å²) in [6, 6.07) is 22.4. The first kappa shape index (κ1) is 17.6. The summed E-state index contributed by atoms with van der Waals surface area (Å²) in [4.78, 5) is 0. The first-order valence-corrected chi connectivity index (χ1v) is 8.41. The van der Waals surface area contributed by atoms with Gasteiger partial charge in [-0.25, -0.2) is 0 Å². The molecule has 5 rings (SSSR count). The first-order chi connectivity index (χ1) is 12.8. The molecule has 0 bridgehead atoms. The van der Waals surface area contributed by atoms with E-state index in [1.54, 1.807) is 0 Å². The van der Waals surface area contributed by atoms with Crippen molar-refractivity contribution in [2.24, 2.45) is 0 Å². The molecule has 0 radical (unpaired) electrons. The van der Waals surface area contributed by atoms with Crippen LogP contribution in [0.15, 0.2) is 71.1 Å². The van der Waals surface area contributed by atoms with Gasteiger partial charge in [-0.05, 0) is 42.5 Å². The Morgan fingerprint density at radius 1 is 0.778 bits per heavy atom. The number of hydrogen-bond donors (Lipinski definition) is 0. The van der Waals surface area contributed by atoms with Crippen LogP contribution in [0, 0.1) is 0 Å². The van der Waals surface area contributed by atoms with E-state index in [-0.39, 0.29) is 0 Å². The number of nitrogens with zero attached hydrogens (tertiary/aromatic N) is 1. The zero-order chi connectivity index (χ0) is 19.2. The molecule has 1 aliphatic rings. The second-order valence-corrected chi connectivity index (χ2v) is 6.35. The van der Waals surface area contributed by atoms with Crippen LogP contribution in [0.4, 0.5) is 17.3 Å². The van der Waals surface area contributed by atoms with Crippen LogP contribution >= 0.6 is 11.6 Å². The molecule has 2 nitrogen and oxygen atoms in total. The van der Waals surface area contributed by atoms with Crippen molar-refractivity contribution in [1.82, 2.24) is 0 Å². The summed E-state index contributed by atoms with van der Waals surface area (Å²) in [5, 5.41) is 0.727. The third-order valence-electron chi connectivity index (χ3n) is 4.16. The van der Waals surface area contributed by atoms with Crippen molar-refractivity contribution in [1.29, 1.82) is 0 Å². The van der Waals surface area contributed by atoms with Gasteiger partial charge in [-0.3, -0.25) is 0 Å². The second kappa shape index (κ2) is 6.42. The lowest BCUT2D eigenvalue weighted by atomic mass is 10.0. The predicted octanol–water partition coefficient (Wildman–Crippen LogP) is 6.29. The van der Waals surface area contributed by atoms with Gasteiger partial charge >= 0.3 is 13.0 Å². The van der Waals surface area contributed by atoms with Crippen molar-refractivity contribution >= 4 is 24.6 Å². The maximum absolute atomic E-state index is 9.75. The third-order valence-corrected chi connectivity index (χ3v) is 4.42. The average Bonchev–Trinajstić information content (AvgIpc) is 3.16. The van der Waals surface area contributed by atoms with E-state index in [1.165, 1.54) is 16.8 Å². The van der Waals surface area contributed by atoms with Gasteiger partial charge in [0.05, 0.1) is 17.2 Å². The summed E-state index contributed by atoms with van der Waals surface area (Å²) in [5.41, 5.74) is 6.63. The monoisotopic (exact) mass is 391 g/mol. The van der Waals surface area contributed by atoms with Gasteiger partial charge in [-0.15, -0.1) is 4.40 Å². The van der Waals surface area contributed by atoms with Crippen molar-refractivity contribution in [3.63, 3.8) is 0 Å². The molecule has 0 atom stereocenters. The molecule has 0 fully saturated rings. The number of fused-ring (bicyclic) bond motifs is 3. The smallest absolute Gasteiger partial charge is 0.418 e. The minimum absolute atomic E-state index is 0.727. The molecule has 0 N–H and O–H groups in total. The summed E-state index contributed by atoms with van der Waals surface area (Å²) >= 11 is 6.01. The lowest BCUT2D eigenvalue weighted by Crippen LogP contribution is -2.20. The zero-order valence-electron chi connectivity index (χ0n) is 13.7. The van der Waals surface area contributed by atoms with Crippen molar-refractivity contribution in [3.05, 3.63) is 71.8 Å². The molecule has 0 unspecified atom stereocenters. The van der Waals surface area contributed by atoms with Gasteiger partial charge in [0.15, 0.2) is 0 Å². The molecule has 0 spiro atoms. The number of oxazole rings is 1. The highest BCUT2D eigenvalue weighted by Gasteiger charge is 2.36. The fourth-order valence-electron chi connectivity index (χ4n) is 3.22. The fraction of sp³-hybridized carbons (Fsp3) is 0. The normalized spacial score (nSPS) is 11.9. The molecule has 0 saturated carbocycles. The van der Waals surface area contributed by atoms with Crippen LogP contribution in [0.5, 0.6) is 0 Å². The van der Waals surface area contributed by atoms with E-state index in [1.807, 2.05) is 36.4 Å². The lowest BCUT2D eigenvalue weighted by molar-refractivity contribution is -0.485. The number of benzene rings is 2. The van der Waals surface area contributed by atoms with Crippen LogP contribution in [0.2, 0.25) is 5.02 Å². The summed E-state index contributed by atoms with van der Waals surface area (Å²) in [5.74, 6) is 0.883. The number of pyridine rings is 1. The van der Waals surface area contributed by atoms with Crippen LogP contribution < -0.4 is 4.40 Å². The highest BCUT2D eigenvalue weighted by Crippen LogP contribution is 2.41. The van der Waals surface area contributed by atoms with Crippen molar-refractivity contribution in [2.75, 3.05) is 0 Å². The van der Waals surface area contributed by atoms with Crippen LogP contribution in [0.3, 0.4) is 0 Å². The Morgan fingerprint density at radius 3 is 2.07 bits per heavy atom. The van der Waals surface area contributed by atoms with E-state index < -0.39 is 7.25 Å². The SMILES string of the molecule is Clc1ccc(-c2oc3cccc4[n+]3c2-c2ccccc2-4)cc1.F[B-](F)(F)F. The van der Waals surface area contributed by atoms with E-state index in [0.29, 0.717) is 0 Å². The topological polar surface area (TPSA) is 17.2 Å². The molecular formula is C19H11BClF4NO. The van der Waals surface area contributed by atoms with Gasteiger partial charge in [0.1, 0.15) is 0 Å². The van der Waals surface area contributed by atoms with Crippen LogP contribution in [-0.4, -0.2) is 7.25 Å². The molecule has 8 heteroatoms. The Labute approximate surface area is 156 Å². The van der Waals surface area contributed by atoms with Gasteiger partial charge in [0.25, 0.3) is 5.69 Å². The van der Waals surface area contributed by atoms with Gasteiger partial charge in [0.2, 0.25) is 11.5 Å². The minimum atomic E-state index is -6.00. The van der Waals surface area contributed by atoms with Gasteiger partial charge in [-0.1, -0.05) is 23.7 Å². The Hall–Kier alpha value is -2.80. The van der Waals surface area contributed by atoms with E-state index >= 15 is 0 Å². The van der Waals surface area contributed by atoms with Crippen LogP contribution in [-0.2, 0) is 0 Å². The van der Waals surface area contributed by atoms with Crippen molar-refractivity contribution < 1.29 is 26.1 Å². The summed E-state index contributed by atoms with van der Waals surface area (Å²) in [7, 11) is -6.00. The molecule has 2 aromatic carbocycles. The first-order valence-electron chi connectivity index (χ1n) is 8.03. The largest absolute Gasteiger partial charge is 0.673 e.